The van der Waals surface area contributed by atoms with Crippen molar-refractivity contribution >= 4 is 55.8 Å². The summed E-state index contributed by atoms with van der Waals surface area (Å²) in [6, 6.07) is 12.1. The highest BCUT2D eigenvalue weighted by atomic mass is 32.2. The first-order valence-corrected chi connectivity index (χ1v) is 14.1. The molecule has 3 aromatic rings. The molecular formula is C24H21N3O5S3. The van der Waals surface area contributed by atoms with Crippen LogP contribution in [-0.2, 0) is 21.1 Å². The number of carbonyl (C=O) groups excluding carboxylic acids is 1. The Morgan fingerprint density at radius 1 is 1.20 bits per heavy atom. The molecule has 1 unspecified atom stereocenters. The molecule has 180 valence electrons. The molecule has 2 aromatic heterocycles. The monoisotopic (exact) mass is 527 g/mol. The van der Waals surface area contributed by atoms with Crippen molar-refractivity contribution in [1.82, 2.24) is 14.3 Å². The van der Waals surface area contributed by atoms with Crippen LogP contribution in [0.3, 0.4) is 0 Å². The zero-order valence-electron chi connectivity index (χ0n) is 18.7. The summed E-state index contributed by atoms with van der Waals surface area (Å²) >= 11 is 6.44. The summed E-state index contributed by atoms with van der Waals surface area (Å²) in [6.07, 6.45) is 4.25. The van der Waals surface area contributed by atoms with E-state index in [0.29, 0.717) is 17.8 Å². The van der Waals surface area contributed by atoms with Crippen molar-refractivity contribution in [3.63, 3.8) is 0 Å². The van der Waals surface area contributed by atoms with Crippen LogP contribution in [0.1, 0.15) is 24.5 Å². The number of hydrogen-bond acceptors (Lipinski definition) is 8. The van der Waals surface area contributed by atoms with Gasteiger partial charge in [-0.3, -0.25) is 18.9 Å². The van der Waals surface area contributed by atoms with E-state index < -0.39 is 27.3 Å². The lowest BCUT2D eigenvalue weighted by molar-refractivity contribution is -0.123. The van der Waals surface area contributed by atoms with Gasteiger partial charge in [-0.05, 0) is 48.7 Å². The van der Waals surface area contributed by atoms with Crippen molar-refractivity contribution in [1.29, 1.82) is 0 Å². The number of ether oxygens (including phenoxy) is 1. The summed E-state index contributed by atoms with van der Waals surface area (Å²) in [4.78, 5) is 32.7. The molecular weight excluding hydrogens is 506 g/mol. The number of nitrogens with zero attached hydrogens (tertiary/aromatic N) is 3. The van der Waals surface area contributed by atoms with Gasteiger partial charge in [-0.2, -0.15) is 4.98 Å². The number of aromatic nitrogens is 2. The number of pyridine rings is 1. The summed E-state index contributed by atoms with van der Waals surface area (Å²) in [7, 11) is -3.20. The van der Waals surface area contributed by atoms with Gasteiger partial charge in [-0.25, -0.2) is 8.42 Å². The van der Waals surface area contributed by atoms with Gasteiger partial charge in [0.05, 0.1) is 22.5 Å². The number of fused-ring (bicyclic) bond motifs is 1. The van der Waals surface area contributed by atoms with Crippen molar-refractivity contribution in [2.75, 3.05) is 11.5 Å². The molecule has 0 bridgehead atoms. The standard InChI is InChI=1S/C24H21N3O5S3/c1-2-15-6-8-17(9-7-15)32-21-18(22(28)26-11-4-3-5-20(26)25-21)13-19-23(29)27(24(33)34-19)16-10-12-35(30,31)14-16/h3-9,11,13,16H,2,10,12,14H2,1H3/b19-13+. The first-order chi connectivity index (χ1) is 16.8. The molecule has 11 heteroatoms. The molecule has 35 heavy (non-hydrogen) atoms. The third-order valence-electron chi connectivity index (χ3n) is 5.95. The number of thiocarbonyl (C=S) groups is 1. The van der Waals surface area contributed by atoms with Gasteiger partial charge < -0.3 is 4.74 Å². The van der Waals surface area contributed by atoms with E-state index in [1.807, 2.05) is 12.1 Å². The lowest BCUT2D eigenvalue weighted by atomic mass is 10.2. The Morgan fingerprint density at radius 2 is 1.97 bits per heavy atom. The molecule has 0 saturated carbocycles. The fourth-order valence-corrected chi connectivity index (χ4v) is 7.18. The number of benzene rings is 1. The Hall–Kier alpha value is -3.02. The van der Waals surface area contributed by atoms with Crippen molar-refractivity contribution in [3.05, 3.63) is 75.0 Å². The predicted molar refractivity (Wildman–Crippen MR) is 139 cm³/mol. The minimum atomic E-state index is -3.20. The molecule has 4 heterocycles. The maximum Gasteiger partial charge on any atom is 0.269 e. The first kappa shape index (κ1) is 23.7. The number of aryl methyl sites for hydroxylation is 1. The first-order valence-electron chi connectivity index (χ1n) is 11.0. The second kappa shape index (κ2) is 9.21. The Bertz CT molecular complexity index is 1540. The quantitative estimate of drug-likeness (QED) is 0.368. The van der Waals surface area contributed by atoms with Crippen molar-refractivity contribution < 1.29 is 17.9 Å². The van der Waals surface area contributed by atoms with E-state index in [-0.39, 0.29) is 32.2 Å². The molecule has 0 aliphatic carbocycles. The predicted octanol–water partition coefficient (Wildman–Crippen LogP) is 3.44. The number of amides is 1. The van der Waals surface area contributed by atoms with E-state index >= 15 is 0 Å². The maximum absolute atomic E-state index is 13.4. The third kappa shape index (κ3) is 4.63. The molecule has 5 rings (SSSR count). The van der Waals surface area contributed by atoms with E-state index in [1.165, 1.54) is 15.4 Å². The largest absolute Gasteiger partial charge is 0.438 e. The molecule has 2 saturated heterocycles. The van der Waals surface area contributed by atoms with Gasteiger partial charge in [0.15, 0.2) is 9.84 Å². The van der Waals surface area contributed by atoms with Gasteiger partial charge in [0.2, 0.25) is 5.88 Å². The molecule has 0 radical (unpaired) electrons. The minimum absolute atomic E-state index is 0.0263. The maximum atomic E-state index is 13.4. The van der Waals surface area contributed by atoms with Crippen LogP contribution in [0.5, 0.6) is 11.6 Å². The summed E-state index contributed by atoms with van der Waals surface area (Å²) in [6.45, 7) is 2.05. The molecule has 0 spiro atoms. The van der Waals surface area contributed by atoms with Crippen molar-refractivity contribution in [2.45, 2.75) is 25.8 Å². The van der Waals surface area contributed by atoms with Gasteiger partial charge in [0, 0.05) is 6.20 Å². The second-order valence-corrected chi connectivity index (χ2v) is 12.2. The fraction of sp³-hybridized carbons (Fsp3) is 0.250. The van der Waals surface area contributed by atoms with Crippen LogP contribution in [0.2, 0.25) is 0 Å². The summed E-state index contributed by atoms with van der Waals surface area (Å²) in [5.41, 5.74) is 1.25. The summed E-state index contributed by atoms with van der Waals surface area (Å²) in [5.74, 6) is 0.0675. The smallest absolute Gasteiger partial charge is 0.269 e. The van der Waals surface area contributed by atoms with Crippen LogP contribution < -0.4 is 10.3 Å². The van der Waals surface area contributed by atoms with Crippen molar-refractivity contribution in [3.8, 4) is 11.6 Å². The number of sulfone groups is 1. The Morgan fingerprint density at radius 3 is 2.66 bits per heavy atom. The Kier molecular flexibility index (Phi) is 6.24. The van der Waals surface area contributed by atoms with Crippen LogP contribution in [0.4, 0.5) is 0 Å². The van der Waals surface area contributed by atoms with Crippen LogP contribution in [0.25, 0.3) is 11.7 Å². The van der Waals surface area contributed by atoms with E-state index in [0.717, 1.165) is 23.7 Å². The molecule has 2 fully saturated rings. The van der Waals surface area contributed by atoms with E-state index in [4.69, 9.17) is 17.0 Å². The number of thioether (sulfide) groups is 1. The number of rotatable bonds is 5. The molecule has 1 atom stereocenters. The normalized spacial score (nSPS) is 20.8. The van der Waals surface area contributed by atoms with Gasteiger partial charge in [0.25, 0.3) is 11.5 Å². The van der Waals surface area contributed by atoms with Crippen LogP contribution >= 0.6 is 24.0 Å². The fourth-order valence-electron chi connectivity index (χ4n) is 4.09. The van der Waals surface area contributed by atoms with Gasteiger partial charge in [0.1, 0.15) is 21.3 Å². The summed E-state index contributed by atoms with van der Waals surface area (Å²) in [5, 5.41) is 0. The van der Waals surface area contributed by atoms with Crippen LogP contribution in [-0.4, -0.2) is 50.5 Å². The molecule has 1 aromatic carbocycles. The highest BCUT2D eigenvalue weighted by molar-refractivity contribution is 8.26. The minimum Gasteiger partial charge on any atom is -0.438 e. The van der Waals surface area contributed by atoms with Gasteiger partial charge >= 0.3 is 0 Å². The molecule has 8 nitrogen and oxygen atoms in total. The Balaban J connectivity index is 1.56. The average molecular weight is 528 g/mol. The number of carbonyl (C=O) groups is 1. The van der Waals surface area contributed by atoms with Gasteiger partial charge in [-0.15, -0.1) is 0 Å². The zero-order valence-corrected chi connectivity index (χ0v) is 21.2. The molecule has 2 aliphatic rings. The van der Waals surface area contributed by atoms with Crippen LogP contribution in [0, 0.1) is 0 Å². The average Bonchev–Trinajstić information content (AvgIpc) is 3.33. The second-order valence-electron chi connectivity index (χ2n) is 8.27. The lowest BCUT2D eigenvalue weighted by Crippen LogP contribution is -2.39. The van der Waals surface area contributed by atoms with E-state index in [2.05, 4.69) is 11.9 Å². The topological polar surface area (TPSA) is 98.1 Å². The zero-order chi connectivity index (χ0) is 24.7. The Labute approximate surface area is 211 Å². The highest BCUT2D eigenvalue weighted by Gasteiger charge is 2.42. The molecule has 2 aliphatic heterocycles. The molecule has 1 amide bonds. The van der Waals surface area contributed by atoms with Crippen molar-refractivity contribution in [2.24, 2.45) is 0 Å². The van der Waals surface area contributed by atoms with E-state index in [1.54, 1.807) is 36.5 Å². The highest BCUT2D eigenvalue weighted by Crippen LogP contribution is 2.37. The lowest BCUT2D eigenvalue weighted by Gasteiger charge is -2.20. The number of hydrogen-bond donors (Lipinski definition) is 0. The van der Waals surface area contributed by atoms with Gasteiger partial charge in [-0.1, -0.05) is 49.1 Å². The van der Waals surface area contributed by atoms with E-state index in [9.17, 15) is 18.0 Å². The molecule has 0 N–H and O–H groups in total. The SMILES string of the molecule is CCc1ccc(Oc2nc3ccccn3c(=O)c2/C=C2/SC(=S)N(C3CCS(=O)(=O)C3)C2=O)cc1. The third-order valence-corrected chi connectivity index (χ3v) is 9.03. The van der Waals surface area contributed by atoms with Crippen LogP contribution in [0.15, 0.2) is 58.4 Å². The summed E-state index contributed by atoms with van der Waals surface area (Å²) < 4.78 is 31.5.